The number of carbonyl (C=O) groups excluding carboxylic acids is 1. The molecule has 0 spiro atoms. The number of nitrogens with zero attached hydrogens (tertiary/aromatic N) is 1. The van der Waals surface area contributed by atoms with Crippen molar-refractivity contribution in [3.8, 4) is 0 Å². The van der Waals surface area contributed by atoms with E-state index in [4.69, 9.17) is 4.74 Å². The standard InChI is InChI=1S/C19H21NO4/c21-13-16-18(22)17(24-19(23)15-9-5-2-6-10-15)12-20(16)11-14-7-3-1-4-8-14/h1-10,16-18,21-22H,11-13H2/t16-,17-,18-/m1/s1. The van der Waals surface area contributed by atoms with Crippen LogP contribution in [0.2, 0.25) is 0 Å². The highest BCUT2D eigenvalue weighted by Gasteiger charge is 2.42. The minimum absolute atomic E-state index is 0.187. The molecule has 2 N–H and O–H groups in total. The van der Waals surface area contributed by atoms with Gasteiger partial charge in [-0.2, -0.15) is 0 Å². The minimum atomic E-state index is -0.911. The zero-order valence-corrected chi connectivity index (χ0v) is 13.3. The average Bonchev–Trinajstić information content (AvgIpc) is 2.91. The summed E-state index contributed by atoms with van der Waals surface area (Å²) in [6.07, 6.45) is -1.56. The monoisotopic (exact) mass is 327 g/mol. The van der Waals surface area contributed by atoms with Crippen molar-refractivity contribution in [2.45, 2.75) is 24.8 Å². The zero-order valence-electron chi connectivity index (χ0n) is 13.3. The number of hydrogen-bond acceptors (Lipinski definition) is 5. The Bertz CT molecular complexity index is 662. The van der Waals surface area contributed by atoms with E-state index in [0.29, 0.717) is 18.7 Å². The van der Waals surface area contributed by atoms with Gasteiger partial charge in [-0.1, -0.05) is 48.5 Å². The van der Waals surface area contributed by atoms with E-state index in [1.165, 1.54) is 0 Å². The zero-order chi connectivity index (χ0) is 16.9. The maximum Gasteiger partial charge on any atom is 0.338 e. The molecule has 3 rings (SSSR count). The molecule has 0 aromatic heterocycles. The maximum atomic E-state index is 12.2. The average molecular weight is 327 g/mol. The van der Waals surface area contributed by atoms with Crippen LogP contribution in [0.4, 0.5) is 0 Å². The van der Waals surface area contributed by atoms with Gasteiger partial charge >= 0.3 is 5.97 Å². The number of aliphatic hydroxyl groups is 2. The van der Waals surface area contributed by atoms with Gasteiger partial charge in [0.2, 0.25) is 0 Å². The van der Waals surface area contributed by atoms with Crippen LogP contribution in [0.15, 0.2) is 60.7 Å². The van der Waals surface area contributed by atoms with Crippen LogP contribution in [0.5, 0.6) is 0 Å². The number of carbonyl (C=O) groups is 1. The highest BCUT2D eigenvalue weighted by atomic mass is 16.6. The summed E-state index contributed by atoms with van der Waals surface area (Å²) in [7, 11) is 0. The summed E-state index contributed by atoms with van der Waals surface area (Å²) in [5.74, 6) is -0.460. The second kappa shape index (κ2) is 7.57. The van der Waals surface area contributed by atoms with E-state index in [0.717, 1.165) is 5.56 Å². The van der Waals surface area contributed by atoms with E-state index in [1.807, 2.05) is 41.3 Å². The summed E-state index contributed by atoms with van der Waals surface area (Å²) in [6.45, 7) is 0.787. The first-order valence-corrected chi connectivity index (χ1v) is 8.02. The summed E-state index contributed by atoms with van der Waals surface area (Å²) in [6, 6.07) is 18.1. The Hall–Kier alpha value is -2.21. The lowest BCUT2D eigenvalue weighted by atomic mass is 10.1. The van der Waals surface area contributed by atoms with Crippen LogP contribution in [-0.2, 0) is 11.3 Å². The summed E-state index contributed by atoms with van der Waals surface area (Å²) in [5.41, 5.74) is 1.53. The molecule has 0 aliphatic carbocycles. The molecule has 5 nitrogen and oxygen atoms in total. The van der Waals surface area contributed by atoms with Gasteiger partial charge < -0.3 is 14.9 Å². The Morgan fingerprint density at radius 2 is 1.71 bits per heavy atom. The fourth-order valence-electron chi connectivity index (χ4n) is 3.05. The number of aliphatic hydroxyl groups excluding tert-OH is 2. The van der Waals surface area contributed by atoms with E-state index in [2.05, 4.69) is 0 Å². The molecular formula is C19H21NO4. The predicted molar refractivity (Wildman–Crippen MR) is 89.4 cm³/mol. The van der Waals surface area contributed by atoms with Gasteiger partial charge in [0.05, 0.1) is 18.2 Å². The largest absolute Gasteiger partial charge is 0.455 e. The fourth-order valence-corrected chi connectivity index (χ4v) is 3.05. The van der Waals surface area contributed by atoms with Crippen LogP contribution in [0.25, 0.3) is 0 Å². The van der Waals surface area contributed by atoms with Crippen LogP contribution in [0.1, 0.15) is 15.9 Å². The van der Waals surface area contributed by atoms with Crippen molar-refractivity contribution < 1.29 is 19.7 Å². The van der Waals surface area contributed by atoms with Gasteiger partial charge in [0.15, 0.2) is 0 Å². The van der Waals surface area contributed by atoms with Crippen LogP contribution in [0, 0.1) is 0 Å². The fraction of sp³-hybridized carbons (Fsp3) is 0.316. The van der Waals surface area contributed by atoms with Gasteiger partial charge in [0, 0.05) is 13.1 Å². The SMILES string of the molecule is O=C(O[C@@H]1CN(Cc2ccccc2)[C@H](CO)[C@H]1O)c1ccccc1. The first-order valence-electron chi connectivity index (χ1n) is 8.02. The molecular weight excluding hydrogens is 306 g/mol. The van der Waals surface area contributed by atoms with Gasteiger partial charge in [0.1, 0.15) is 12.2 Å². The van der Waals surface area contributed by atoms with E-state index < -0.39 is 24.2 Å². The Balaban J connectivity index is 1.68. The molecule has 2 aromatic carbocycles. The molecule has 24 heavy (non-hydrogen) atoms. The van der Waals surface area contributed by atoms with Crippen LogP contribution in [-0.4, -0.2) is 52.5 Å². The van der Waals surface area contributed by atoms with Crippen molar-refractivity contribution in [1.82, 2.24) is 4.90 Å². The maximum absolute atomic E-state index is 12.2. The first-order chi connectivity index (χ1) is 11.7. The number of ether oxygens (including phenoxy) is 1. The van der Waals surface area contributed by atoms with Crippen molar-refractivity contribution in [3.63, 3.8) is 0 Å². The van der Waals surface area contributed by atoms with Crippen LogP contribution < -0.4 is 0 Å². The second-order valence-corrected chi connectivity index (χ2v) is 5.97. The first kappa shape index (κ1) is 16.6. The van der Waals surface area contributed by atoms with E-state index in [-0.39, 0.29) is 6.61 Å². The van der Waals surface area contributed by atoms with Crippen molar-refractivity contribution in [1.29, 1.82) is 0 Å². The summed E-state index contributed by atoms with van der Waals surface area (Å²) in [5, 5.41) is 20.0. The molecule has 1 aliphatic rings. The smallest absolute Gasteiger partial charge is 0.338 e. The summed E-state index contributed by atoms with van der Waals surface area (Å²) in [4.78, 5) is 14.1. The van der Waals surface area contributed by atoms with Crippen LogP contribution >= 0.6 is 0 Å². The van der Waals surface area contributed by atoms with Crippen molar-refractivity contribution in [2.75, 3.05) is 13.2 Å². The highest BCUT2D eigenvalue weighted by molar-refractivity contribution is 5.89. The van der Waals surface area contributed by atoms with E-state index in [9.17, 15) is 15.0 Å². The van der Waals surface area contributed by atoms with Gasteiger partial charge in [0.25, 0.3) is 0 Å². The molecule has 1 aliphatic heterocycles. The van der Waals surface area contributed by atoms with Crippen molar-refractivity contribution in [2.24, 2.45) is 0 Å². The third kappa shape index (κ3) is 3.64. The Kier molecular flexibility index (Phi) is 5.25. The van der Waals surface area contributed by atoms with Crippen LogP contribution in [0.3, 0.4) is 0 Å². The molecule has 1 fully saturated rings. The number of benzene rings is 2. The molecule has 126 valence electrons. The number of esters is 1. The Morgan fingerprint density at radius 3 is 2.33 bits per heavy atom. The van der Waals surface area contributed by atoms with Gasteiger partial charge in [-0.3, -0.25) is 4.90 Å². The molecule has 2 aromatic rings. The number of rotatable bonds is 5. The van der Waals surface area contributed by atoms with Crippen molar-refractivity contribution in [3.05, 3.63) is 71.8 Å². The molecule has 1 saturated heterocycles. The molecule has 0 unspecified atom stereocenters. The van der Waals surface area contributed by atoms with Gasteiger partial charge in [-0.05, 0) is 17.7 Å². The molecule has 0 amide bonds. The van der Waals surface area contributed by atoms with Gasteiger partial charge in [-0.25, -0.2) is 4.79 Å². The number of hydrogen-bond donors (Lipinski definition) is 2. The summed E-state index contributed by atoms with van der Waals surface area (Å²) < 4.78 is 5.47. The molecule has 0 radical (unpaired) electrons. The quantitative estimate of drug-likeness (QED) is 0.814. The lowest BCUT2D eigenvalue weighted by Gasteiger charge is -2.23. The molecule has 0 bridgehead atoms. The second-order valence-electron chi connectivity index (χ2n) is 5.97. The molecule has 0 saturated carbocycles. The predicted octanol–water partition coefficient (Wildman–Crippen LogP) is 1.45. The summed E-state index contributed by atoms with van der Waals surface area (Å²) >= 11 is 0. The minimum Gasteiger partial charge on any atom is -0.455 e. The Morgan fingerprint density at radius 1 is 1.08 bits per heavy atom. The molecule has 1 heterocycles. The van der Waals surface area contributed by atoms with Gasteiger partial charge in [-0.15, -0.1) is 0 Å². The van der Waals surface area contributed by atoms with Crippen molar-refractivity contribution >= 4 is 5.97 Å². The normalized spacial score (nSPS) is 24.0. The Labute approximate surface area is 141 Å². The molecule has 3 atom stereocenters. The highest BCUT2D eigenvalue weighted by Crippen LogP contribution is 2.24. The third-order valence-electron chi connectivity index (χ3n) is 4.34. The lowest BCUT2D eigenvalue weighted by molar-refractivity contribution is -0.0102. The van der Waals surface area contributed by atoms with E-state index >= 15 is 0 Å². The third-order valence-corrected chi connectivity index (χ3v) is 4.34. The van der Waals surface area contributed by atoms with E-state index in [1.54, 1.807) is 24.3 Å². The topological polar surface area (TPSA) is 70.0 Å². The number of likely N-dealkylation sites (tertiary alicyclic amines) is 1. The lowest BCUT2D eigenvalue weighted by Crippen LogP contribution is -2.39. The molecule has 5 heteroatoms.